The lowest BCUT2D eigenvalue weighted by atomic mass is 9.95. The van der Waals surface area contributed by atoms with Crippen molar-refractivity contribution >= 4 is 0 Å². The lowest BCUT2D eigenvalue weighted by Crippen LogP contribution is -2.47. The largest absolute Gasteiger partial charge is 0.332 e. The number of rotatable bonds is 5. The maximum absolute atomic E-state index is 9.47. The molecule has 1 aliphatic carbocycles. The minimum absolute atomic E-state index is 0.387. The van der Waals surface area contributed by atoms with E-state index < -0.39 is 5.54 Å². The minimum atomic E-state index is -0.426. The molecule has 0 radical (unpaired) electrons. The summed E-state index contributed by atoms with van der Waals surface area (Å²) in [6, 6.07) is 2.47. The van der Waals surface area contributed by atoms with Crippen LogP contribution in [0.15, 0.2) is 12.4 Å². The first kappa shape index (κ1) is 12.1. The van der Waals surface area contributed by atoms with Gasteiger partial charge in [0.1, 0.15) is 11.4 Å². The normalized spacial score (nSPS) is 19.0. The second-order valence-corrected chi connectivity index (χ2v) is 5.18. The summed E-state index contributed by atoms with van der Waals surface area (Å²) in [5.74, 6) is 1.93. The van der Waals surface area contributed by atoms with Crippen molar-refractivity contribution in [2.24, 2.45) is 5.92 Å². The maximum atomic E-state index is 9.47. The summed E-state index contributed by atoms with van der Waals surface area (Å²) in [5.41, 5.74) is -0.426. The van der Waals surface area contributed by atoms with Crippen LogP contribution in [0.4, 0.5) is 0 Å². The number of nitrogens with zero attached hydrogens (tertiary/aromatic N) is 3. The summed E-state index contributed by atoms with van der Waals surface area (Å²) in [4.78, 5) is 4.37. The summed E-state index contributed by atoms with van der Waals surface area (Å²) in [6.45, 7) is 4.95. The Hall–Kier alpha value is -1.34. The van der Waals surface area contributed by atoms with Crippen LogP contribution in [0.2, 0.25) is 0 Å². The smallest absolute Gasteiger partial charge is 0.127 e. The molecule has 1 N–H and O–H groups in total. The van der Waals surface area contributed by atoms with E-state index in [2.05, 4.69) is 34.8 Å². The number of likely N-dealkylation sites (N-methyl/N-ethyl adjacent to an activating group) is 1. The van der Waals surface area contributed by atoms with Crippen molar-refractivity contribution in [1.29, 1.82) is 5.26 Å². The van der Waals surface area contributed by atoms with Crippen molar-refractivity contribution in [1.82, 2.24) is 14.9 Å². The van der Waals surface area contributed by atoms with Gasteiger partial charge in [0, 0.05) is 18.3 Å². The highest BCUT2D eigenvalue weighted by molar-refractivity contribution is 5.16. The third-order valence-electron chi connectivity index (χ3n) is 3.60. The molecule has 1 heterocycles. The zero-order valence-corrected chi connectivity index (χ0v) is 10.8. The number of imidazole rings is 1. The Morgan fingerprint density at radius 2 is 2.35 bits per heavy atom. The van der Waals surface area contributed by atoms with E-state index in [1.807, 2.05) is 19.4 Å². The van der Waals surface area contributed by atoms with Crippen molar-refractivity contribution in [2.75, 3.05) is 7.05 Å². The lowest BCUT2D eigenvalue weighted by Gasteiger charge is -2.27. The van der Waals surface area contributed by atoms with Crippen molar-refractivity contribution < 1.29 is 0 Å². The van der Waals surface area contributed by atoms with Gasteiger partial charge in [-0.15, -0.1) is 0 Å². The molecule has 1 unspecified atom stereocenters. The summed E-state index contributed by atoms with van der Waals surface area (Å²) in [5, 5.41) is 12.7. The molecule has 1 fully saturated rings. The molecule has 0 bridgehead atoms. The minimum Gasteiger partial charge on any atom is -0.332 e. The number of hydrogen-bond donors (Lipinski definition) is 1. The molecule has 1 aromatic heterocycles. The van der Waals surface area contributed by atoms with E-state index in [4.69, 9.17) is 0 Å². The monoisotopic (exact) mass is 232 g/mol. The Morgan fingerprint density at radius 1 is 1.65 bits per heavy atom. The van der Waals surface area contributed by atoms with Crippen LogP contribution in [0, 0.1) is 17.2 Å². The van der Waals surface area contributed by atoms with Crippen LogP contribution in [0.3, 0.4) is 0 Å². The Kier molecular flexibility index (Phi) is 3.21. The van der Waals surface area contributed by atoms with Gasteiger partial charge in [-0.25, -0.2) is 4.98 Å². The topological polar surface area (TPSA) is 53.6 Å². The van der Waals surface area contributed by atoms with Crippen LogP contribution >= 0.6 is 0 Å². The van der Waals surface area contributed by atoms with Crippen LogP contribution in [-0.4, -0.2) is 22.1 Å². The summed E-state index contributed by atoms with van der Waals surface area (Å²) in [7, 11) is 1.88. The number of nitriles is 1. The molecule has 0 aliphatic heterocycles. The number of nitrogens with one attached hydrogen (secondary N) is 1. The van der Waals surface area contributed by atoms with Crippen molar-refractivity contribution in [2.45, 2.75) is 44.7 Å². The summed E-state index contributed by atoms with van der Waals surface area (Å²) in [6.07, 6.45) is 6.10. The van der Waals surface area contributed by atoms with E-state index in [0.717, 1.165) is 18.7 Å². The molecule has 1 saturated carbocycles. The van der Waals surface area contributed by atoms with Gasteiger partial charge in [0.2, 0.25) is 0 Å². The van der Waals surface area contributed by atoms with Gasteiger partial charge in [-0.3, -0.25) is 0 Å². The average Bonchev–Trinajstić information content (AvgIpc) is 3.06. The van der Waals surface area contributed by atoms with Crippen LogP contribution < -0.4 is 5.32 Å². The molecule has 0 amide bonds. The number of aromatic nitrogens is 2. The molecule has 0 spiro atoms. The zero-order valence-electron chi connectivity index (χ0n) is 10.8. The summed E-state index contributed by atoms with van der Waals surface area (Å²) < 4.78 is 2.11. The molecule has 92 valence electrons. The lowest BCUT2D eigenvalue weighted by molar-refractivity contribution is 0.334. The van der Waals surface area contributed by atoms with Gasteiger partial charge in [-0.2, -0.15) is 5.26 Å². The Bertz CT molecular complexity index is 425. The predicted octanol–water partition coefficient (Wildman–Crippen LogP) is 1.90. The van der Waals surface area contributed by atoms with Gasteiger partial charge in [0.15, 0.2) is 0 Å². The van der Waals surface area contributed by atoms with Gasteiger partial charge in [-0.05, 0) is 25.8 Å². The molecule has 1 aromatic rings. The molecule has 0 saturated heterocycles. The molecule has 4 heteroatoms. The van der Waals surface area contributed by atoms with E-state index >= 15 is 0 Å². The third-order valence-corrected chi connectivity index (χ3v) is 3.60. The van der Waals surface area contributed by atoms with Gasteiger partial charge in [0.05, 0.1) is 12.6 Å². The van der Waals surface area contributed by atoms with Crippen LogP contribution in [0.25, 0.3) is 0 Å². The van der Waals surface area contributed by atoms with Crippen LogP contribution in [-0.2, 0) is 6.54 Å². The van der Waals surface area contributed by atoms with Crippen LogP contribution in [0.1, 0.15) is 38.4 Å². The Balaban J connectivity index is 2.23. The Labute approximate surface area is 103 Å². The fraction of sp³-hybridized carbons (Fsp3) is 0.692. The van der Waals surface area contributed by atoms with Gasteiger partial charge in [-0.1, -0.05) is 13.8 Å². The van der Waals surface area contributed by atoms with Gasteiger partial charge < -0.3 is 9.88 Å². The fourth-order valence-corrected chi connectivity index (χ4v) is 2.39. The molecule has 2 rings (SSSR count). The highest BCUT2D eigenvalue weighted by Gasteiger charge is 2.45. The van der Waals surface area contributed by atoms with Gasteiger partial charge in [0.25, 0.3) is 0 Å². The molecule has 1 aliphatic rings. The van der Waals surface area contributed by atoms with Crippen molar-refractivity contribution in [3.05, 3.63) is 18.2 Å². The second kappa shape index (κ2) is 4.50. The zero-order chi connectivity index (χ0) is 12.5. The highest BCUT2D eigenvalue weighted by Crippen LogP contribution is 2.40. The Morgan fingerprint density at radius 3 is 2.82 bits per heavy atom. The average molecular weight is 232 g/mol. The second-order valence-electron chi connectivity index (χ2n) is 5.18. The molecular weight excluding hydrogens is 212 g/mol. The fourth-order valence-electron chi connectivity index (χ4n) is 2.39. The standard InChI is InChI=1S/C13H20N4/c1-10(2)12-16-6-7-17(12)9-13(8-14,15-3)11-4-5-11/h6-7,10-11,15H,4-5,9H2,1-3H3. The van der Waals surface area contributed by atoms with Gasteiger partial charge >= 0.3 is 0 Å². The van der Waals surface area contributed by atoms with E-state index in [1.165, 1.54) is 0 Å². The van der Waals surface area contributed by atoms with E-state index in [0.29, 0.717) is 18.4 Å². The number of hydrogen-bond acceptors (Lipinski definition) is 3. The molecule has 0 aromatic carbocycles. The molecule has 4 nitrogen and oxygen atoms in total. The van der Waals surface area contributed by atoms with Crippen molar-refractivity contribution in [3.63, 3.8) is 0 Å². The van der Waals surface area contributed by atoms with E-state index in [-0.39, 0.29) is 0 Å². The third kappa shape index (κ3) is 2.20. The van der Waals surface area contributed by atoms with Crippen LogP contribution in [0.5, 0.6) is 0 Å². The van der Waals surface area contributed by atoms with Crippen molar-refractivity contribution in [3.8, 4) is 6.07 Å². The predicted molar refractivity (Wildman–Crippen MR) is 66.4 cm³/mol. The first-order chi connectivity index (χ1) is 8.13. The van der Waals surface area contributed by atoms with E-state index in [9.17, 15) is 5.26 Å². The maximum Gasteiger partial charge on any atom is 0.127 e. The first-order valence-electron chi connectivity index (χ1n) is 6.24. The highest BCUT2D eigenvalue weighted by atomic mass is 15.1. The molecular formula is C13H20N4. The molecule has 1 atom stereocenters. The first-order valence-corrected chi connectivity index (χ1v) is 6.24. The van der Waals surface area contributed by atoms with E-state index in [1.54, 1.807) is 0 Å². The SMILES string of the molecule is CNC(C#N)(Cn1ccnc1C(C)C)C1CC1. The quantitative estimate of drug-likeness (QED) is 0.843. The summed E-state index contributed by atoms with van der Waals surface area (Å²) >= 11 is 0. The molecule has 17 heavy (non-hydrogen) atoms.